The Morgan fingerprint density at radius 1 is 1.09 bits per heavy atom. The van der Waals surface area contributed by atoms with Gasteiger partial charge in [-0.05, 0) is 61.7 Å². The van der Waals surface area contributed by atoms with Gasteiger partial charge in [-0.25, -0.2) is 13.8 Å². The monoisotopic (exact) mass is 452 g/mol. The zero-order valence-corrected chi connectivity index (χ0v) is 19.4. The smallest absolute Gasteiger partial charge is 0.137 e. The number of hydrogen-bond donors (Lipinski definition) is 0. The fraction of sp³-hybridized carbons (Fsp3) is 0.370. The minimum atomic E-state index is -0.664. The van der Waals surface area contributed by atoms with Crippen LogP contribution in [0.2, 0.25) is 0 Å². The Balaban J connectivity index is 1.82. The summed E-state index contributed by atoms with van der Waals surface area (Å²) >= 11 is 0. The van der Waals surface area contributed by atoms with Crippen molar-refractivity contribution in [3.8, 4) is 22.6 Å². The van der Waals surface area contributed by atoms with Crippen LogP contribution in [0.4, 0.5) is 8.78 Å². The van der Waals surface area contributed by atoms with Gasteiger partial charge in [-0.3, -0.25) is 0 Å². The number of ether oxygens (including phenoxy) is 1. The Hall–Kier alpha value is -2.99. The molecule has 1 aromatic carbocycles. The summed E-state index contributed by atoms with van der Waals surface area (Å²) in [6, 6.07) is 9.87. The normalized spacial score (nSPS) is 12.5. The topological polar surface area (TPSA) is 39.7 Å². The zero-order valence-electron chi connectivity index (χ0n) is 19.4. The number of imidazole rings is 1. The summed E-state index contributed by atoms with van der Waals surface area (Å²) < 4.78 is 44.1. The van der Waals surface area contributed by atoms with Crippen LogP contribution in [0.3, 0.4) is 0 Å². The standard InChI is InChI=1S/C27H30F2N2O2/c1-4-6-8-20(32-12-5-2)17-23-27(30-25-14-18(3)10-11-31(23)25)26-21(28)15-19(16-22(26)29)24-9-7-13-33-24/h7,9-11,13-16,20H,4-6,8,12,17H2,1-3H3. The Labute approximate surface area is 193 Å². The van der Waals surface area contributed by atoms with E-state index in [0.717, 1.165) is 36.9 Å². The van der Waals surface area contributed by atoms with Crippen LogP contribution in [0.15, 0.2) is 53.3 Å². The first-order chi connectivity index (χ1) is 16.0. The Bertz CT molecular complexity index is 1180. The van der Waals surface area contributed by atoms with Gasteiger partial charge in [0.2, 0.25) is 0 Å². The number of benzene rings is 1. The molecule has 1 atom stereocenters. The molecule has 0 spiro atoms. The first kappa shape index (κ1) is 23.2. The van der Waals surface area contributed by atoms with Gasteiger partial charge in [-0.15, -0.1) is 0 Å². The molecular weight excluding hydrogens is 422 g/mol. The van der Waals surface area contributed by atoms with Gasteiger partial charge in [0.15, 0.2) is 0 Å². The lowest BCUT2D eigenvalue weighted by atomic mass is 10.0. The number of aromatic nitrogens is 2. The molecule has 0 saturated heterocycles. The van der Waals surface area contributed by atoms with Gasteiger partial charge in [0, 0.05) is 24.8 Å². The van der Waals surface area contributed by atoms with Crippen LogP contribution in [-0.2, 0) is 11.2 Å². The molecule has 6 heteroatoms. The molecule has 174 valence electrons. The number of halogens is 2. The van der Waals surface area contributed by atoms with Gasteiger partial charge < -0.3 is 13.6 Å². The van der Waals surface area contributed by atoms with Crippen LogP contribution in [0.5, 0.6) is 0 Å². The second kappa shape index (κ2) is 10.3. The van der Waals surface area contributed by atoms with Crippen LogP contribution < -0.4 is 0 Å². The van der Waals surface area contributed by atoms with Gasteiger partial charge in [0.25, 0.3) is 0 Å². The third-order valence-corrected chi connectivity index (χ3v) is 5.82. The average molecular weight is 453 g/mol. The molecule has 1 unspecified atom stereocenters. The summed E-state index contributed by atoms with van der Waals surface area (Å²) in [5, 5.41) is 0. The molecule has 0 aliphatic rings. The van der Waals surface area contributed by atoms with E-state index in [1.165, 1.54) is 18.4 Å². The van der Waals surface area contributed by atoms with Crippen molar-refractivity contribution in [3.63, 3.8) is 0 Å². The molecule has 0 bridgehead atoms. The first-order valence-corrected chi connectivity index (χ1v) is 11.6. The van der Waals surface area contributed by atoms with Gasteiger partial charge in [0.1, 0.15) is 23.0 Å². The highest BCUT2D eigenvalue weighted by atomic mass is 19.1. The molecule has 0 radical (unpaired) electrons. The third-order valence-electron chi connectivity index (χ3n) is 5.82. The quantitative estimate of drug-likeness (QED) is 0.252. The summed E-state index contributed by atoms with van der Waals surface area (Å²) in [4.78, 5) is 4.68. The largest absolute Gasteiger partial charge is 0.464 e. The Morgan fingerprint density at radius 3 is 2.55 bits per heavy atom. The Morgan fingerprint density at radius 2 is 1.88 bits per heavy atom. The second-order valence-electron chi connectivity index (χ2n) is 8.47. The lowest BCUT2D eigenvalue weighted by Gasteiger charge is -2.18. The number of pyridine rings is 1. The van der Waals surface area contributed by atoms with Gasteiger partial charge in [-0.1, -0.05) is 26.7 Å². The summed E-state index contributed by atoms with van der Waals surface area (Å²) in [5.41, 5.74) is 3.01. The highest BCUT2D eigenvalue weighted by Crippen LogP contribution is 2.34. The maximum absolute atomic E-state index is 15.4. The minimum absolute atomic E-state index is 0.0432. The number of hydrogen-bond acceptors (Lipinski definition) is 3. The molecule has 0 saturated carbocycles. The van der Waals surface area contributed by atoms with E-state index in [1.54, 1.807) is 12.1 Å². The average Bonchev–Trinajstić information content (AvgIpc) is 3.44. The highest BCUT2D eigenvalue weighted by Gasteiger charge is 2.24. The van der Waals surface area contributed by atoms with Crippen LogP contribution >= 0.6 is 0 Å². The van der Waals surface area contributed by atoms with Crippen LogP contribution in [0.1, 0.15) is 50.8 Å². The molecule has 0 aliphatic carbocycles. The predicted molar refractivity (Wildman–Crippen MR) is 126 cm³/mol. The van der Waals surface area contributed by atoms with E-state index in [1.807, 2.05) is 29.7 Å². The van der Waals surface area contributed by atoms with Gasteiger partial charge in [0.05, 0.1) is 29.3 Å². The van der Waals surface area contributed by atoms with Crippen LogP contribution in [0.25, 0.3) is 28.2 Å². The van der Waals surface area contributed by atoms with Crippen molar-refractivity contribution >= 4 is 5.65 Å². The van der Waals surface area contributed by atoms with Crippen molar-refractivity contribution in [3.05, 3.63) is 71.8 Å². The molecule has 0 amide bonds. The molecule has 33 heavy (non-hydrogen) atoms. The molecule has 4 nitrogen and oxygen atoms in total. The predicted octanol–water partition coefficient (Wildman–Crippen LogP) is 7.38. The number of furan rings is 1. The van der Waals surface area contributed by atoms with Crippen molar-refractivity contribution < 1.29 is 17.9 Å². The van der Waals surface area contributed by atoms with E-state index in [9.17, 15) is 0 Å². The van der Waals surface area contributed by atoms with E-state index in [0.29, 0.717) is 35.7 Å². The zero-order chi connectivity index (χ0) is 23.4. The van der Waals surface area contributed by atoms with E-state index in [2.05, 4.69) is 18.8 Å². The number of nitrogens with zero attached hydrogens (tertiary/aromatic N) is 2. The highest BCUT2D eigenvalue weighted by molar-refractivity contribution is 5.71. The SMILES string of the molecule is CCCCC(Cc1c(-c2c(F)cc(-c3ccco3)cc2F)nc2cc(C)ccn12)OCCC. The molecule has 4 aromatic rings. The van der Waals surface area contributed by atoms with E-state index < -0.39 is 11.6 Å². The fourth-order valence-corrected chi connectivity index (χ4v) is 4.15. The maximum Gasteiger partial charge on any atom is 0.137 e. The fourth-order valence-electron chi connectivity index (χ4n) is 4.15. The van der Waals surface area contributed by atoms with E-state index in [4.69, 9.17) is 9.15 Å². The van der Waals surface area contributed by atoms with Crippen molar-refractivity contribution in [1.29, 1.82) is 0 Å². The maximum atomic E-state index is 15.4. The summed E-state index contributed by atoms with van der Waals surface area (Å²) in [6.45, 7) is 6.84. The molecular formula is C27H30F2N2O2. The third kappa shape index (κ3) is 5.01. The van der Waals surface area contributed by atoms with Crippen LogP contribution in [-0.4, -0.2) is 22.1 Å². The van der Waals surface area contributed by atoms with E-state index in [-0.39, 0.29) is 11.7 Å². The van der Waals surface area contributed by atoms with Crippen molar-refractivity contribution in [1.82, 2.24) is 9.38 Å². The number of fused-ring (bicyclic) bond motifs is 1. The molecule has 0 fully saturated rings. The number of aryl methyl sites for hydroxylation is 1. The van der Waals surface area contributed by atoms with Crippen molar-refractivity contribution in [2.45, 2.75) is 59.0 Å². The Kier molecular flexibility index (Phi) is 7.23. The van der Waals surface area contributed by atoms with Gasteiger partial charge in [-0.2, -0.15) is 0 Å². The molecule has 0 aliphatic heterocycles. The molecule has 4 rings (SSSR count). The summed E-state index contributed by atoms with van der Waals surface area (Å²) in [7, 11) is 0. The lowest BCUT2D eigenvalue weighted by molar-refractivity contribution is 0.0460. The van der Waals surface area contributed by atoms with Crippen molar-refractivity contribution in [2.24, 2.45) is 0 Å². The summed E-state index contributed by atoms with van der Waals surface area (Å²) in [6.07, 6.45) is 7.77. The first-order valence-electron chi connectivity index (χ1n) is 11.6. The molecule has 3 heterocycles. The number of unbranched alkanes of at least 4 members (excludes halogenated alkanes) is 1. The molecule has 3 aromatic heterocycles. The molecule has 0 N–H and O–H groups in total. The lowest BCUT2D eigenvalue weighted by Crippen LogP contribution is -2.18. The van der Waals surface area contributed by atoms with Crippen molar-refractivity contribution in [2.75, 3.05) is 6.61 Å². The van der Waals surface area contributed by atoms with Gasteiger partial charge >= 0.3 is 0 Å². The summed E-state index contributed by atoms with van der Waals surface area (Å²) in [5.74, 6) is -0.914. The van der Waals surface area contributed by atoms with E-state index >= 15 is 8.78 Å². The second-order valence-corrected chi connectivity index (χ2v) is 8.47. The number of rotatable bonds is 10. The minimum Gasteiger partial charge on any atom is -0.464 e. The van der Waals surface area contributed by atoms with Crippen LogP contribution in [0, 0.1) is 18.6 Å².